The second-order valence-corrected chi connectivity index (χ2v) is 2.73. The number of hydrogen-bond donors (Lipinski definition) is 1. The van der Waals surface area contributed by atoms with E-state index in [2.05, 4.69) is 0 Å². The van der Waals surface area contributed by atoms with Gasteiger partial charge in [-0.25, -0.2) is 0 Å². The average molecular weight is 137 g/mol. The fraction of sp³-hybridized carbons (Fsp3) is 0.375. The molecule has 0 fully saturated rings. The molecule has 0 bridgehead atoms. The molecule has 1 aliphatic rings. The summed E-state index contributed by atoms with van der Waals surface area (Å²) in [5.74, 6) is -0.311. The molecule has 0 atom stereocenters. The van der Waals surface area contributed by atoms with E-state index in [0.717, 1.165) is 12.0 Å². The molecule has 0 radical (unpaired) electrons. The van der Waals surface area contributed by atoms with Crippen LogP contribution in [0.25, 0.3) is 0 Å². The molecule has 2 nitrogen and oxygen atoms in total. The van der Waals surface area contributed by atoms with Crippen LogP contribution in [0.4, 0.5) is 0 Å². The first kappa shape index (κ1) is 7.06. The van der Waals surface area contributed by atoms with Gasteiger partial charge in [0.25, 0.3) is 0 Å². The topological polar surface area (TPSA) is 43.1 Å². The summed E-state index contributed by atoms with van der Waals surface area (Å²) in [7, 11) is 0. The van der Waals surface area contributed by atoms with E-state index < -0.39 is 0 Å². The van der Waals surface area contributed by atoms with Gasteiger partial charge in [0.05, 0.1) is 0 Å². The van der Waals surface area contributed by atoms with E-state index in [1.165, 1.54) is 5.57 Å². The molecule has 0 aromatic heterocycles. The smallest absolute Gasteiger partial charge is 0.248 e. The number of carbonyl (C=O) groups excluding carboxylic acids is 1. The molecule has 0 unspecified atom stereocenters. The van der Waals surface area contributed by atoms with Crippen LogP contribution in [0.1, 0.15) is 20.3 Å². The van der Waals surface area contributed by atoms with Crippen molar-refractivity contribution in [3.63, 3.8) is 0 Å². The van der Waals surface area contributed by atoms with E-state index in [4.69, 9.17) is 5.73 Å². The molecule has 0 spiro atoms. The standard InChI is InChI=1S/C8H11NO/c1-5-3-6(2)7(4-5)8(9)10/h4H,3H2,1-2H3,(H2,9,10). The zero-order valence-electron chi connectivity index (χ0n) is 6.27. The van der Waals surface area contributed by atoms with E-state index in [9.17, 15) is 4.79 Å². The van der Waals surface area contributed by atoms with E-state index in [1.807, 2.05) is 19.9 Å². The maximum Gasteiger partial charge on any atom is 0.248 e. The Labute approximate surface area is 60.4 Å². The number of amides is 1. The molecule has 10 heavy (non-hydrogen) atoms. The Morgan fingerprint density at radius 1 is 1.60 bits per heavy atom. The maximum atomic E-state index is 10.7. The summed E-state index contributed by atoms with van der Waals surface area (Å²) in [4.78, 5) is 10.7. The minimum Gasteiger partial charge on any atom is -0.366 e. The molecule has 1 aliphatic carbocycles. The molecular formula is C8H11NO. The lowest BCUT2D eigenvalue weighted by Gasteiger charge is -1.93. The van der Waals surface area contributed by atoms with Crippen LogP contribution in [0.15, 0.2) is 22.8 Å². The molecule has 2 heteroatoms. The van der Waals surface area contributed by atoms with Crippen molar-refractivity contribution in [3.05, 3.63) is 22.8 Å². The van der Waals surface area contributed by atoms with Gasteiger partial charge in [-0.15, -0.1) is 0 Å². The summed E-state index contributed by atoms with van der Waals surface area (Å²) >= 11 is 0. The third-order valence-corrected chi connectivity index (χ3v) is 1.66. The predicted octanol–water partition coefficient (Wildman–Crippen LogP) is 1.14. The van der Waals surface area contributed by atoms with E-state index >= 15 is 0 Å². The SMILES string of the molecule is CC1=CC(C(N)=O)=C(C)C1. The lowest BCUT2D eigenvalue weighted by molar-refractivity contribution is -0.114. The van der Waals surface area contributed by atoms with Gasteiger partial charge in [0.2, 0.25) is 5.91 Å². The van der Waals surface area contributed by atoms with Crippen molar-refractivity contribution >= 4 is 5.91 Å². The summed E-state index contributed by atoms with van der Waals surface area (Å²) in [6.45, 7) is 3.94. The highest BCUT2D eigenvalue weighted by Crippen LogP contribution is 2.23. The second kappa shape index (κ2) is 2.29. The van der Waals surface area contributed by atoms with Crippen molar-refractivity contribution < 1.29 is 4.79 Å². The predicted molar refractivity (Wildman–Crippen MR) is 40.3 cm³/mol. The average Bonchev–Trinajstić information content (AvgIpc) is 2.10. The number of nitrogens with two attached hydrogens (primary N) is 1. The van der Waals surface area contributed by atoms with Crippen LogP contribution in [0.5, 0.6) is 0 Å². The Balaban J connectivity index is 2.93. The number of hydrogen-bond acceptors (Lipinski definition) is 1. The molecule has 2 N–H and O–H groups in total. The van der Waals surface area contributed by atoms with Crippen LogP contribution >= 0.6 is 0 Å². The summed E-state index contributed by atoms with van der Waals surface area (Å²) in [6.07, 6.45) is 2.76. The number of rotatable bonds is 1. The van der Waals surface area contributed by atoms with Gasteiger partial charge >= 0.3 is 0 Å². The lowest BCUT2D eigenvalue weighted by atomic mass is 10.1. The van der Waals surface area contributed by atoms with E-state index in [1.54, 1.807) is 0 Å². The van der Waals surface area contributed by atoms with Crippen LogP contribution in [0.2, 0.25) is 0 Å². The molecule has 0 aliphatic heterocycles. The highest BCUT2D eigenvalue weighted by atomic mass is 16.1. The Morgan fingerprint density at radius 3 is 2.40 bits per heavy atom. The monoisotopic (exact) mass is 137 g/mol. The van der Waals surface area contributed by atoms with Crippen LogP contribution < -0.4 is 5.73 Å². The first-order chi connectivity index (χ1) is 4.61. The van der Waals surface area contributed by atoms with Crippen LogP contribution in [0, 0.1) is 0 Å². The molecule has 0 aromatic rings. The molecule has 0 heterocycles. The van der Waals surface area contributed by atoms with Gasteiger partial charge in [-0.05, 0) is 20.3 Å². The van der Waals surface area contributed by atoms with Crippen LogP contribution in [0.3, 0.4) is 0 Å². The number of carbonyl (C=O) groups is 1. The number of allylic oxidation sites excluding steroid dienone is 2. The molecule has 1 amide bonds. The largest absolute Gasteiger partial charge is 0.366 e. The highest BCUT2D eigenvalue weighted by molar-refractivity contribution is 5.96. The molecule has 0 saturated carbocycles. The summed E-state index contributed by atoms with van der Waals surface area (Å²) in [5.41, 5.74) is 8.10. The van der Waals surface area contributed by atoms with E-state index in [0.29, 0.717) is 5.57 Å². The fourth-order valence-corrected chi connectivity index (χ4v) is 1.22. The molecule has 0 aromatic carbocycles. The van der Waals surface area contributed by atoms with Crippen molar-refractivity contribution in [1.82, 2.24) is 0 Å². The molecule has 0 saturated heterocycles. The highest BCUT2D eigenvalue weighted by Gasteiger charge is 2.12. The van der Waals surface area contributed by atoms with Gasteiger partial charge in [-0.3, -0.25) is 4.79 Å². The Bertz CT molecular complexity index is 236. The Morgan fingerprint density at radius 2 is 2.20 bits per heavy atom. The van der Waals surface area contributed by atoms with E-state index in [-0.39, 0.29) is 5.91 Å². The Kier molecular flexibility index (Phi) is 1.62. The van der Waals surface area contributed by atoms with Crippen molar-refractivity contribution in [2.75, 3.05) is 0 Å². The third-order valence-electron chi connectivity index (χ3n) is 1.66. The lowest BCUT2D eigenvalue weighted by Crippen LogP contribution is -2.12. The minimum atomic E-state index is -0.311. The quantitative estimate of drug-likeness (QED) is 0.578. The normalized spacial score (nSPS) is 17.6. The van der Waals surface area contributed by atoms with Gasteiger partial charge in [0.1, 0.15) is 0 Å². The Hall–Kier alpha value is -1.05. The van der Waals surface area contributed by atoms with Crippen molar-refractivity contribution in [2.24, 2.45) is 5.73 Å². The first-order valence-electron chi connectivity index (χ1n) is 3.28. The van der Waals surface area contributed by atoms with Gasteiger partial charge in [-0.1, -0.05) is 17.2 Å². The molecule has 1 rings (SSSR count). The summed E-state index contributed by atoms with van der Waals surface area (Å²) in [5, 5.41) is 0. The maximum absolute atomic E-state index is 10.7. The van der Waals surface area contributed by atoms with Crippen molar-refractivity contribution in [3.8, 4) is 0 Å². The number of primary amides is 1. The minimum absolute atomic E-state index is 0.311. The van der Waals surface area contributed by atoms with Crippen molar-refractivity contribution in [2.45, 2.75) is 20.3 Å². The van der Waals surface area contributed by atoms with Gasteiger partial charge in [0.15, 0.2) is 0 Å². The third kappa shape index (κ3) is 1.10. The molecular weight excluding hydrogens is 126 g/mol. The van der Waals surface area contributed by atoms with Gasteiger partial charge in [-0.2, -0.15) is 0 Å². The summed E-state index contributed by atoms with van der Waals surface area (Å²) in [6, 6.07) is 0. The van der Waals surface area contributed by atoms with Crippen LogP contribution in [-0.4, -0.2) is 5.91 Å². The summed E-state index contributed by atoms with van der Waals surface area (Å²) < 4.78 is 0. The first-order valence-corrected chi connectivity index (χ1v) is 3.28. The zero-order chi connectivity index (χ0) is 7.72. The molecule has 54 valence electrons. The van der Waals surface area contributed by atoms with Crippen molar-refractivity contribution in [1.29, 1.82) is 0 Å². The van der Waals surface area contributed by atoms with Crippen LogP contribution in [-0.2, 0) is 4.79 Å². The van der Waals surface area contributed by atoms with Gasteiger partial charge in [0, 0.05) is 5.57 Å². The fourth-order valence-electron chi connectivity index (χ4n) is 1.22. The second-order valence-electron chi connectivity index (χ2n) is 2.73. The zero-order valence-corrected chi connectivity index (χ0v) is 6.27. The van der Waals surface area contributed by atoms with Gasteiger partial charge < -0.3 is 5.73 Å².